The van der Waals surface area contributed by atoms with E-state index in [9.17, 15) is 16.8 Å². The Bertz CT molecular complexity index is 1130. The largest absolute Gasteiger partial charge is 0.468 e. The van der Waals surface area contributed by atoms with Gasteiger partial charge in [0.05, 0.1) is 28.3 Å². The van der Waals surface area contributed by atoms with Gasteiger partial charge in [0.1, 0.15) is 5.76 Å². The Morgan fingerprint density at radius 3 is 2.26 bits per heavy atom. The molecular weight excluding hydrogens is 412 g/mol. The van der Waals surface area contributed by atoms with E-state index in [0.29, 0.717) is 10.8 Å². The van der Waals surface area contributed by atoms with Gasteiger partial charge in [0.2, 0.25) is 10.0 Å². The first-order valence-electron chi connectivity index (χ1n) is 7.67. The van der Waals surface area contributed by atoms with Gasteiger partial charge in [-0.25, -0.2) is 21.6 Å². The lowest BCUT2D eigenvalue weighted by molar-refractivity contribution is 0.498. The normalized spacial score (nSPS) is 12.0. The van der Waals surface area contributed by atoms with Gasteiger partial charge in [-0.2, -0.15) is 0 Å². The van der Waals surface area contributed by atoms with Crippen LogP contribution in [0.2, 0.25) is 5.02 Å². The molecule has 0 atom stereocenters. The number of anilines is 1. The average molecular weight is 427 g/mol. The second-order valence-corrected chi connectivity index (χ2v) is 9.38. The van der Waals surface area contributed by atoms with Crippen LogP contribution in [0.3, 0.4) is 0 Å². The van der Waals surface area contributed by atoms with Crippen LogP contribution in [0.4, 0.5) is 5.69 Å². The van der Waals surface area contributed by atoms with Gasteiger partial charge in [0, 0.05) is 5.02 Å². The summed E-state index contributed by atoms with van der Waals surface area (Å²) in [5.74, 6) is 0.457. The quantitative estimate of drug-likeness (QED) is 0.603. The molecule has 1 heterocycles. The molecule has 3 aromatic rings. The number of sulfonamides is 2. The van der Waals surface area contributed by atoms with E-state index < -0.39 is 20.0 Å². The van der Waals surface area contributed by atoms with Crippen LogP contribution in [0.5, 0.6) is 0 Å². The molecule has 27 heavy (non-hydrogen) atoms. The fourth-order valence-electron chi connectivity index (χ4n) is 2.22. The van der Waals surface area contributed by atoms with Crippen molar-refractivity contribution in [2.75, 3.05) is 4.72 Å². The highest BCUT2D eigenvalue weighted by atomic mass is 35.5. The molecule has 0 saturated heterocycles. The van der Waals surface area contributed by atoms with Gasteiger partial charge >= 0.3 is 0 Å². The van der Waals surface area contributed by atoms with Gasteiger partial charge in [0.25, 0.3) is 10.0 Å². The van der Waals surface area contributed by atoms with Crippen molar-refractivity contribution < 1.29 is 21.3 Å². The van der Waals surface area contributed by atoms with Crippen LogP contribution in [0.25, 0.3) is 0 Å². The van der Waals surface area contributed by atoms with E-state index in [0.717, 1.165) is 0 Å². The maximum atomic E-state index is 12.4. The van der Waals surface area contributed by atoms with Crippen molar-refractivity contribution in [2.24, 2.45) is 0 Å². The minimum Gasteiger partial charge on any atom is -0.468 e. The Morgan fingerprint density at radius 2 is 1.59 bits per heavy atom. The van der Waals surface area contributed by atoms with Crippen molar-refractivity contribution in [1.82, 2.24) is 4.72 Å². The molecular formula is C17H15ClN2O5S2. The molecule has 0 aliphatic rings. The van der Waals surface area contributed by atoms with Crippen molar-refractivity contribution in [2.45, 2.75) is 16.3 Å². The number of rotatable bonds is 7. The zero-order valence-electron chi connectivity index (χ0n) is 13.8. The molecule has 0 aliphatic heterocycles. The smallest absolute Gasteiger partial charge is 0.261 e. The molecule has 142 valence electrons. The highest BCUT2D eigenvalue weighted by Gasteiger charge is 2.18. The first-order valence-corrected chi connectivity index (χ1v) is 11.0. The second kappa shape index (κ2) is 7.73. The van der Waals surface area contributed by atoms with E-state index in [4.69, 9.17) is 16.0 Å². The van der Waals surface area contributed by atoms with Crippen LogP contribution < -0.4 is 9.44 Å². The lowest BCUT2D eigenvalue weighted by atomic mass is 10.3. The van der Waals surface area contributed by atoms with Gasteiger partial charge in [-0.15, -0.1) is 0 Å². The minimum atomic E-state index is -3.88. The number of halogens is 1. The van der Waals surface area contributed by atoms with Crippen LogP contribution in [-0.2, 0) is 26.6 Å². The summed E-state index contributed by atoms with van der Waals surface area (Å²) in [6.07, 6.45) is 1.44. The predicted molar refractivity (Wildman–Crippen MR) is 101 cm³/mol. The Hall–Kier alpha value is -2.33. The molecule has 2 aromatic carbocycles. The molecule has 7 nitrogen and oxygen atoms in total. The second-order valence-electron chi connectivity index (χ2n) is 5.49. The molecule has 0 bridgehead atoms. The molecule has 3 rings (SSSR count). The summed E-state index contributed by atoms with van der Waals surface area (Å²) >= 11 is 5.76. The predicted octanol–water partition coefficient (Wildman–Crippen LogP) is 3.21. The van der Waals surface area contributed by atoms with Crippen molar-refractivity contribution in [3.05, 3.63) is 77.7 Å². The first kappa shape index (κ1) is 19.4. The summed E-state index contributed by atoms with van der Waals surface area (Å²) in [7, 11) is -7.73. The van der Waals surface area contributed by atoms with Crippen molar-refractivity contribution in [3.8, 4) is 0 Å². The monoisotopic (exact) mass is 426 g/mol. The molecule has 0 fully saturated rings. The third kappa shape index (κ3) is 4.89. The topological polar surface area (TPSA) is 105 Å². The van der Waals surface area contributed by atoms with Gasteiger partial charge < -0.3 is 4.42 Å². The van der Waals surface area contributed by atoms with E-state index in [1.807, 2.05) is 0 Å². The number of hydrogen-bond donors (Lipinski definition) is 2. The Labute approximate surface area is 162 Å². The maximum absolute atomic E-state index is 12.4. The molecule has 0 unspecified atom stereocenters. The molecule has 2 N–H and O–H groups in total. The standard InChI is InChI=1S/C17H15ClN2O5S2/c18-13-6-8-16(9-7-13)27(23,24)20-14-3-1-5-17(11-14)26(21,22)19-12-15-4-2-10-25-15/h1-11,19-20H,12H2. The first-order chi connectivity index (χ1) is 12.8. The SMILES string of the molecule is O=S(=O)(NCc1ccco1)c1cccc(NS(=O)(=O)c2ccc(Cl)cc2)c1. The summed E-state index contributed by atoms with van der Waals surface area (Å²) in [6, 6.07) is 14.4. The Morgan fingerprint density at radius 1 is 0.852 bits per heavy atom. The van der Waals surface area contributed by atoms with E-state index in [1.165, 1.54) is 54.8 Å². The molecule has 1 aromatic heterocycles. The zero-order valence-corrected chi connectivity index (χ0v) is 16.2. The van der Waals surface area contributed by atoms with Crippen LogP contribution in [-0.4, -0.2) is 16.8 Å². The van der Waals surface area contributed by atoms with Gasteiger partial charge in [-0.1, -0.05) is 17.7 Å². The molecule has 10 heteroatoms. The van der Waals surface area contributed by atoms with Crippen LogP contribution in [0, 0.1) is 0 Å². The summed E-state index contributed by atoms with van der Waals surface area (Å²) in [6.45, 7) is -0.0178. The van der Waals surface area contributed by atoms with Crippen LogP contribution >= 0.6 is 11.6 Å². The fraction of sp³-hybridized carbons (Fsp3) is 0.0588. The number of hydrogen-bond acceptors (Lipinski definition) is 5. The average Bonchev–Trinajstić information content (AvgIpc) is 3.14. The highest BCUT2D eigenvalue weighted by molar-refractivity contribution is 7.92. The number of benzene rings is 2. The minimum absolute atomic E-state index is 0.0103. The van der Waals surface area contributed by atoms with Crippen LogP contribution in [0.15, 0.2) is 81.1 Å². The molecule has 0 aliphatic carbocycles. The van der Waals surface area contributed by atoms with Crippen molar-refractivity contribution in [1.29, 1.82) is 0 Å². The number of nitrogens with one attached hydrogen (secondary N) is 2. The lowest BCUT2D eigenvalue weighted by Crippen LogP contribution is -2.23. The fourth-order valence-corrected chi connectivity index (χ4v) is 4.43. The van der Waals surface area contributed by atoms with Gasteiger partial charge in [-0.05, 0) is 54.6 Å². The van der Waals surface area contributed by atoms with E-state index >= 15 is 0 Å². The zero-order chi connectivity index (χ0) is 19.5. The summed E-state index contributed by atoms with van der Waals surface area (Å²) in [5, 5.41) is 0.407. The third-order valence-electron chi connectivity index (χ3n) is 3.54. The van der Waals surface area contributed by atoms with Gasteiger partial charge in [0.15, 0.2) is 0 Å². The lowest BCUT2D eigenvalue weighted by Gasteiger charge is -2.10. The summed E-state index contributed by atoms with van der Waals surface area (Å²) in [5.41, 5.74) is 0.117. The molecule has 0 saturated carbocycles. The third-order valence-corrected chi connectivity index (χ3v) is 6.59. The van der Waals surface area contributed by atoms with E-state index in [2.05, 4.69) is 9.44 Å². The van der Waals surface area contributed by atoms with Crippen molar-refractivity contribution in [3.63, 3.8) is 0 Å². The summed E-state index contributed by atoms with van der Waals surface area (Å²) in [4.78, 5) is -0.0681. The number of furan rings is 1. The van der Waals surface area contributed by atoms with E-state index in [-0.39, 0.29) is 22.0 Å². The Balaban J connectivity index is 1.79. The highest BCUT2D eigenvalue weighted by Crippen LogP contribution is 2.21. The van der Waals surface area contributed by atoms with Gasteiger partial charge in [-0.3, -0.25) is 4.72 Å². The summed E-state index contributed by atoms with van der Waals surface area (Å²) < 4.78 is 59.5. The van der Waals surface area contributed by atoms with Crippen molar-refractivity contribution >= 4 is 37.3 Å². The molecule has 0 radical (unpaired) electrons. The maximum Gasteiger partial charge on any atom is 0.261 e. The molecule has 0 spiro atoms. The molecule has 0 amide bonds. The Kier molecular flexibility index (Phi) is 5.56. The van der Waals surface area contributed by atoms with E-state index in [1.54, 1.807) is 12.1 Å². The van der Waals surface area contributed by atoms with Crippen LogP contribution in [0.1, 0.15) is 5.76 Å².